The van der Waals surface area contributed by atoms with Gasteiger partial charge in [-0.05, 0) is 33.6 Å². The fourth-order valence-electron chi connectivity index (χ4n) is 2.62. The highest BCUT2D eigenvalue weighted by molar-refractivity contribution is 7.52. The van der Waals surface area contributed by atoms with E-state index in [4.69, 9.17) is 0 Å². The van der Waals surface area contributed by atoms with Crippen LogP contribution in [0.25, 0.3) is 0 Å². The van der Waals surface area contributed by atoms with Crippen LogP contribution >= 0.6 is 8.22 Å². The monoisotopic (exact) mass is 186 g/mol. The van der Waals surface area contributed by atoms with E-state index in [-0.39, 0.29) is 8.22 Å². The Morgan fingerprint density at radius 1 is 1.00 bits per heavy atom. The fraction of sp³-hybridized carbons (Fsp3) is 1.00. The number of hydrogen-bond donors (Lipinski definition) is 0. The van der Waals surface area contributed by atoms with Gasteiger partial charge in [0.2, 0.25) is 0 Å². The fourth-order valence-corrected chi connectivity index (χ4v) is 4.46. The molecule has 1 saturated carbocycles. The Bertz CT molecular complexity index is 156. The zero-order valence-electron chi connectivity index (χ0n) is 8.32. The highest BCUT2D eigenvalue weighted by Gasteiger charge is 2.41. The summed E-state index contributed by atoms with van der Waals surface area (Å²) in [5.41, 5.74) is 0. The molecule has 0 spiro atoms. The zero-order valence-corrected chi connectivity index (χ0v) is 9.22. The lowest BCUT2D eigenvalue weighted by Gasteiger charge is -2.29. The Labute approximate surface area is 76.8 Å². The van der Waals surface area contributed by atoms with Gasteiger partial charge >= 0.3 is 0 Å². The summed E-state index contributed by atoms with van der Waals surface area (Å²) in [5, 5.41) is 0. The van der Waals surface area contributed by atoms with E-state index in [0.717, 1.165) is 12.1 Å². The smallest absolute Gasteiger partial charge is 0.0362 e. The van der Waals surface area contributed by atoms with Crippen molar-refractivity contribution in [2.75, 3.05) is 20.8 Å². The van der Waals surface area contributed by atoms with Crippen LogP contribution in [0, 0.1) is 0 Å². The number of rotatable bonds is 0. The molecule has 3 heteroatoms. The number of hydrogen-bond acceptors (Lipinski definition) is 2. The number of nitrogens with zero attached hydrogens (tertiary/aromatic N) is 2. The molecule has 0 aromatic heterocycles. The zero-order chi connectivity index (χ0) is 8.72. The molecule has 0 amide bonds. The molecule has 1 saturated heterocycles. The third kappa shape index (κ3) is 1.21. The van der Waals surface area contributed by atoms with E-state index in [1.165, 1.54) is 25.7 Å². The van der Waals surface area contributed by atoms with Gasteiger partial charge in [-0.1, -0.05) is 12.8 Å². The van der Waals surface area contributed by atoms with Crippen LogP contribution < -0.4 is 0 Å². The molecule has 70 valence electrons. The second-order valence-electron chi connectivity index (χ2n) is 4.06. The molecular weight excluding hydrogens is 167 g/mol. The predicted molar refractivity (Wildman–Crippen MR) is 54.4 cm³/mol. The van der Waals surface area contributed by atoms with Crippen molar-refractivity contribution in [2.45, 2.75) is 37.8 Å². The van der Waals surface area contributed by atoms with Crippen LogP contribution in [-0.4, -0.2) is 42.2 Å². The Morgan fingerprint density at radius 3 is 1.83 bits per heavy atom. The van der Waals surface area contributed by atoms with E-state index in [2.05, 4.69) is 30.1 Å². The predicted octanol–water partition coefficient (Wildman–Crippen LogP) is 2.12. The maximum atomic E-state index is 2.61. The molecule has 2 fully saturated rings. The molecule has 1 aliphatic carbocycles. The molecule has 0 N–H and O–H groups in total. The van der Waals surface area contributed by atoms with Crippen molar-refractivity contribution in [3.63, 3.8) is 0 Å². The van der Waals surface area contributed by atoms with Gasteiger partial charge in [0.25, 0.3) is 0 Å². The molecule has 2 rings (SSSR count). The summed E-state index contributed by atoms with van der Waals surface area (Å²) in [6.45, 7) is 2.38. The van der Waals surface area contributed by atoms with Crippen LogP contribution in [0.4, 0.5) is 0 Å². The molecule has 12 heavy (non-hydrogen) atoms. The maximum Gasteiger partial charge on any atom is 0.0362 e. The Morgan fingerprint density at radius 2 is 1.42 bits per heavy atom. The van der Waals surface area contributed by atoms with Crippen molar-refractivity contribution < 1.29 is 0 Å². The first kappa shape index (κ1) is 8.93. The average molecular weight is 186 g/mol. The molecule has 2 nitrogen and oxygen atoms in total. The third-order valence-electron chi connectivity index (χ3n) is 3.57. The molecule has 0 aromatic carbocycles. The Kier molecular flexibility index (Phi) is 2.42. The summed E-state index contributed by atoms with van der Waals surface area (Å²) in [5.74, 6) is 0. The molecule has 0 radical (unpaired) electrons. The standard InChI is InChI=1S/C9H19N2P/c1-10-8-6-4-5-7-9(8)11(2)12(10)3/h8-9H,4-7H2,1-3H3/t8-,9-/m1/s1. The highest BCUT2D eigenvalue weighted by atomic mass is 31.1. The number of likely N-dealkylation sites (N-methyl/N-ethyl adjacent to an activating group) is 2. The largest absolute Gasteiger partial charge is 0.269 e. The minimum absolute atomic E-state index is 0.0289. The van der Waals surface area contributed by atoms with Crippen LogP contribution in [-0.2, 0) is 0 Å². The van der Waals surface area contributed by atoms with Crippen molar-refractivity contribution in [3.05, 3.63) is 0 Å². The van der Waals surface area contributed by atoms with E-state index in [1.807, 2.05) is 0 Å². The molecule has 1 heterocycles. The Balaban J connectivity index is 2.14. The lowest BCUT2D eigenvalue weighted by Crippen LogP contribution is -2.37. The van der Waals surface area contributed by atoms with Crippen LogP contribution in [0.2, 0.25) is 0 Å². The van der Waals surface area contributed by atoms with Gasteiger partial charge in [-0.25, -0.2) is 0 Å². The SMILES string of the molecule is CN1[C@@H]2CCCC[C@H]2N(C)P1C. The molecule has 1 aliphatic heterocycles. The first-order chi connectivity index (χ1) is 5.72. The van der Waals surface area contributed by atoms with Gasteiger partial charge in [-0.15, -0.1) is 0 Å². The Hall–Kier alpha value is 0.350. The van der Waals surface area contributed by atoms with Gasteiger partial charge in [-0.2, -0.15) is 0 Å². The second kappa shape index (κ2) is 3.25. The summed E-state index contributed by atoms with van der Waals surface area (Å²) >= 11 is 0. The molecule has 0 bridgehead atoms. The van der Waals surface area contributed by atoms with E-state index >= 15 is 0 Å². The van der Waals surface area contributed by atoms with Crippen molar-refractivity contribution in [2.24, 2.45) is 0 Å². The van der Waals surface area contributed by atoms with E-state index in [0.29, 0.717) is 0 Å². The lowest BCUT2D eigenvalue weighted by atomic mass is 9.91. The van der Waals surface area contributed by atoms with E-state index < -0.39 is 0 Å². The topological polar surface area (TPSA) is 6.48 Å². The molecule has 0 unspecified atom stereocenters. The van der Waals surface area contributed by atoms with Gasteiger partial charge in [0, 0.05) is 20.3 Å². The van der Waals surface area contributed by atoms with Crippen molar-refractivity contribution in [1.29, 1.82) is 0 Å². The van der Waals surface area contributed by atoms with Crippen molar-refractivity contribution >= 4 is 8.22 Å². The summed E-state index contributed by atoms with van der Waals surface area (Å²) in [6, 6.07) is 1.75. The molecule has 2 aliphatic rings. The minimum atomic E-state index is 0.0289. The molecule has 0 aromatic rings. The van der Waals surface area contributed by atoms with Gasteiger partial charge in [-0.3, -0.25) is 9.34 Å². The van der Waals surface area contributed by atoms with Gasteiger partial charge < -0.3 is 0 Å². The van der Waals surface area contributed by atoms with Crippen LogP contribution in [0.15, 0.2) is 0 Å². The van der Waals surface area contributed by atoms with Gasteiger partial charge in [0.05, 0.1) is 0 Å². The van der Waals surface area contributed by atoms with Crippen LogP contribution in [0.5, 0.6) is 0 Å². The first-order valence-corrected chi connectivity index (χ1v) is 6.60. The van der Waals surface area contributed by atoms with Gasteiger partial charge in [0.1, 0.15) is 0 Å². The first-order valence-electron chi connectivity index (χ1n) is 4.91. The minimum Gasteiger partial charge on any atom is -0.269 e. The summed E-state index contributed by atoms with van der Waals surface area (Å²) < 4.78 is 5.22. The maximum absolute atomic E-state index is 2.61. The van der Waals surface area contributed by atoms with Crippen molar-refractivity contribution in [3.8, 4) is 0 Å². The van der Waals surface area contributed by atoms with E-state index in [9.17, 15) is 0 Å². The van der Waals surface area contributed by atoms with Crippen LogP contribution in [0.1, 0.15) is 25.7 Å². The summed E-state index contributed by atoms with van der Waals surface area (Å²) in [7, 11) is 4.64. The summed E-state index contributed by atoms with van der Waals surface area (Å²) in [6.07, 6.45) is 5.75. The third-order valence-corrected chi connectivity index (χ3v) is 5.99. The number of fused-ring (bicyclic) bond motifs is 1. The molecular formula is C9H19N2P. The normalized spacial score (nSPS) is 40.2. The van der Waals surface area contributed by atoms with Crippen LogP contribution in [0.3, 0.4) is 0 Å². The highest BCUT2D eigenvalue weighted by Crippen LogP contribution is 2.52. The quantitative estimate of drug-likeness (QED) is 0.535. The lowest BCUT2D eigenvalue weighted by molar-refractivity contribution is 0.233. The van der Waals surface area contributed by atoms with Gasteiger partial charge in [0.15, 0.2) is 0 Å². The van der Waals surface area contributed by atoms with E-state index in [1.54, 1.807) is 0 Å². The summed E-state index contributed by atoms with van der Waals surface area (Å²) in [4.78, 5) is 0. The molecule has 2 atom stereocenters. The average Bonchev–Trinajstić information content (AvgIpc) is 2.33. The van der Waals surface area contributed by atoms with Crippen molar-refractivity contribution in [1.82, 2.24) is 9.34 Å². The second-order valence-corrected chi connectivity index (χ2v) is 6.30.